The molecular formula is C19H25ClN2O. The first kappa shape index (κ1) is 17.8. The van der Waals surface area contributed by atoms with Crippen LogP contribution in [0.1, 0.15) is 31.2 Å². The van der Waals surface area contributed by atoms with E-state index in [9.17, 15) is 4.79 Å². The third-order valence-electron chi connectivity index (χ3n) is 4.76. The van der Waals surface area contributed by atoms with Crippen LogP contribution in [0.15, 0.2) is 42.5 Å². The van der Waals surface area contributed by atoms with Crippen LogP contribution >= 0.6 is 12.4 Å². The van der Waals surface area contributed by atoms with Crippen molar-refractivity contribution < 1.29 is 4.79 Å². The number of carbonyl (C=O) groups excluding carboxylic acids is 1. The molecule has 0 saturated heterocycles. The van der Waals surface area contributed by atoms with Gasteiger partial charge in [0.05, 0.1) is 0 Å². The highest BCUT2D eigenvalue weighted by atomic mass is 35.5. The number of carbonyl (C=O) groups is 1. The summed E-state index contributed by atoms with van der Waals surface area (Å²) < 4.78 is 0. The summed E-state index contributed by atoms with van der Waals surface area (Å²) in [5, 5.41) is 5.65. The van der Waals surface area contributed by atoms with Crippen LogP contribution in [0.4, 0.5) is 0 Å². The number of hydrogen-bond donors (Lipinski definition) is 2. The van der Waals surface area contributed by atoms with Crippen molar-refractivity contribution in [2.24, 2.45) is 11.7 Å². The van der Waals surface area contributed by atoms with Gasteiger partial charge in [-0.15, -0.1) is 12.4 Å². The van der Waals surface area contributed by atoms with E-state index in [1.54, 1.807) is 0 Å². The number of rotatable bonds is 5. The average Bonchev–Trinajstić information content (AvgIpc) is 3.00. The van der Waals surface area contributed by atoms with Crippen LogP contribution in [0.25, 0.3) is 10.8 Å². The minimum Gasteiger partial charge on any atom is -0.353 e. The predicted octanol–water partition coefficient (Wildman–Crippen LogP) is 3.44. The molecule has 0 radical (unpaired) electrons. The second kappa shape index (κ2) is 8.32. The van der Waals surface area contributed by atoms with Crippen LogP contribution in [-0.4, -0.2) is 18.5 Å². The van der Waals surface area contributed by atoms with E-state index in [0.29, 0.717) is 18.9 Å². The van der Waals surface area contributed by atoms with Crippen molar-refractivity contribution >= 4 is 29.1 Å². The van der Waals surface area contributed by atoms with E-state index in [-0.39, 0.29) is 24.4 Å². The van der Waals surface area contributed by atoms with Crippen LogP contribution in [0.3, 0.4) is 0 Å². The van der Waals surface area contributed by atoms with Gasteiger partial charge in [-0.3, -0.25) is 4.79 Å². The molecule has 2 atom stereocenters. The Kier molecular flexibility index (Phi) is 6.43. The molecule has 124 valence electrons. The minimum absolute atomic E-state index is 0. The molecule has 0 heterocycles. The topological polar surface area (TPSA) is 55.1 Å². The van der Waals surface area contributed by atoms with Gasteiger partial charge >= 0.3 is 0 Å². The van der Waals surface area contributed by atoms with Crippen molar-refractivity contribution in [3.63, 3.8) is 0 Å². The molecule has 1 fully saturated rings. The van der Waals surface area contributed by atoms with Crippen molar-refractivity contribution in [1.82, 2.24) is 5.32 Å². The first-order chi connectivity index (χ1) is 10.8. The fraction of sp³-hybridized carbons (Fsp3) is 0.421. The van der Waals surface area contributed by atoms with Gasteiger partial charge in [0, 0.05) is 12.5 Å². The summed E-state index contributed by atoms with van der Waals surface area (Å²) in [5.41, 5.74) is 6.98. The van der Waals surface area contributed by atoms with Crippen LogP contribution in [0.2, 0.25) is 0 Å². The molecule has 2 aromatic rings. The molecular weight excluding hydrogens is 308 g/mol. The number of fused-ring (bicyclic) bond motifs is 1. The number of hydrogen-bond acceptors (Lipinski definition) is 2. The van der Waals surface area contributed by atoms with Crippen LogP contribution < -0.4 is 11.1 Å². The lowest BCUT2D eigenvalue weighted by atomic mass is 10.0. The van der Waals surface area contributed by atoms with Gasteiger partial charge in [-0.25, -0.2) is 0 Å². The number of aryl methyl sites for hydroxylation is 1. The molecule has 3 nitrogen and oxygen atoms in total. The van der Waals surface area contributed by atoms with Gasteiger partial charge in [0.2, 0.25) is 5.91 Å². The Balaban J connectivity index is 0.00000192. The fourth-order valence-electron chi connectivity index (χ4n) is 3.44. The predicted molar refractivity (Wildman–Crippen MR) is 97.8 cm³/mol. The van der Waals surface area contributed by atoms with Gasteiger partial charge in [-0.05, 0) is 48.1 Å². The number of nitrogens with one attached hydrogen (secondary N) is 1. The van der Waals surface area contributed by atoms with Gasteiger partial charge in [0.1, 0.15) is 0 Å². The van der Waals surface area contributed by atoms with Crippen LogP contribution in [0, 0.1) is 5.92 Å². The second-order valence-electron chi connectivity index (χ2n) is 6.28. The molecule has 0 aromatic heterocycles. The Morgan fingerprint density at radius 1 is 1.13 bits per heavy atom. The van der Waals surface area contributed by atoms with Gasteiger partial charge in [-0.1, -0.05) is 48.9 Å². The summed E-state index contributed by atoms with van der Waals surface area (Å²) in [5.74, 6) is 0.614. The zero-order chi connectivity index (χ0) is 15.4. The molecule has 0 aliphatic heterocycles. The normalized spacial score (nSPS) is 20.2. The van der Waals surface area contributed by atoms with E-state index in [1.165, 1.54) is 22.8 Å². The quantitative estimate of drug-likeness (QED) is 0.881. The highest BCUT2D eigenvalue weighted by molar-refractivity contribution is 5.85. The first-order valence-corrected chi connectivity index (χ1v) is 8.23. The third-order valence-corrected chi connectivity index (χ3v) is 4.76. The van der Waals surface area contributed by atoms with Crippen molar-refractivity contribution in [3.8, 4) is 0 Å². The Labute approximate surface area is 144 Å². The maximum Gasteiger partial charge on any atom is 0.220 e. The lowest BCUT2D eigenvalue weighted by molar-refractivity contribution is -0.122. The van der Waals surface area contributed by atoms with Crippen molar-refractivity contribution in [2.75, 3.05) is 6.54 Å². The number of halogens is 1. The first-order valence-electron chi connectivity index (χ1n) is 8.23. The molecule has 23 heavy (non-hydrogen) atoms. The van der Waals surface area contributed by atoms with Gasteiger partial charge in [0.25, 0.3) is 0 Å². The van der Waals surface area contributed by atoms with Crippen molar-refractivity contribution in [3.05, 3.63) is 48.0 Å². The van der Waals surface area contributed by atoms with Crippen LogP contribution in [-0.2, 0) is 11.2 Å². The zero-order valence-corrected chi connectivity index (χ0v) is 14.1. The van der Waals surface area contributed by atoms with Crippen molar-refractivity contribution in [2.45, 2.75) is 38.1 Å². The SMILES string of the molecule is Cl.NCC1CCCC1NC(=O)CCc1ccc2ccccc2c1. The molecule has 2 aromatic carbocycles. The Morgan fingerprint density at radius 2 is 1.91 bits per heavy atom. The highest BCUT2D eigenvalue weighted by Gasteiger charge is 2.26. The number of nitrogens with two attached hydrogens (primary N) is 1. The molecule has 1 aliphatic rings. The molecule has 2 unspecified atom stereocenters. The lowest BCUT2D eigenvalue weighted by Gasteiger charge is -2.19. The highest BCUT2D eigenvalue weighted by Crippen LogP contribution is 2.24. The summed E-state index contributed by atoms with van der Waals surface area (Å²) in [6.07, 6.45) is 4.73. The van der Waals surface area contributed by atoms with Gasteiger partial charge in [0.15, 0.2) is 0 Å². The largest absolute Gasteiger partial charge is 0.353 e. The second-order valence-corrected chi connectivity index (χ2v) is 6.28. The number of benzene rings is 2. The standard InChI is InChI=1S/C19H24N2O.ClH/c20-13-17-6-3-7-18(17)21-19(22)11-9-14-8-10-15-4-1-2-5-16(15)12-14;/h1-2,4-5,8,10,12,17-18H,3,6-7,9,11,13,20H2,(H,21,22);1H. The molecule has 0 bridgehead atoms. The van der Waals surface area contributed by atoms with E-state index < -0.39 is 0 Å². The summed E-state index contributed by atoms with van der Waals surface area (Å²) in [6.45, 7) is 0.676. The molecule has 1 saturated carbocycles. The van der Waals surface area contributed by atoms with E-state index >= 15 is 0 Å². The van der Waals surface area contributed by atoms with E-state index in [2.05, 4.69) is 35.6 Å². The van der Waals surface area contributed by atoms with Gasteiger partial charge < -0.3 is 11.1 Å². The average molecular weight is 333 g/mol. The molecule has 0 spiro atoms. The van der Waals surface area contributed by atoms with Gasteiger partial charge in [-0.2, -0.15) is 0 Å². The Hall–Kier alpha value is -1.58. The molecule has 3 N–H and O–H groups in total. The zero-order valence-electron chi connectivity index (χ0n) is 13.3. The molecule has 4 heteroatoms. The van der Waals surface area contributed by atoms with Crippen molar-refractivity contribution in [1.29, 1.82) is 0 Å². The smallest absolute Gasteiger partial charge is 0.220 e. The molecule has 3 rings (SSSR count). The number of amides is 1. The maximum atomic E-state index is 12.1. The van der Waals surface area contributed by atoms with Crippen LogP contribution in [0.5, 0.6) is 0 Å². The summed E-state index contributed by atoms with van der Waals surface area (Å²) in [4.78, 5) is 12.1. The Morgan fingerprint density at radius 3 is 2.70 bits per heavy atom. The summed E-state index contributed by atoms with van der Waals surface area (Å²) in [6, 6.07) is 15.0. The van der Waals surface area contributed by atoms with E-state index in [4.69, 9.17) is 5.73 Å². The maximum absolute atomic E-state index is 12.1. The minimum atomic E-state index is 0. The van der Waals surface area contributed by atoms with E-state index in [1.807, 2.05) is 12.1 Å². The molecule has 1 amide bonds. The molecule has 1 aliphatic carbocycles. The fourth-order valence-corrected chi connectivity index (χ4v) is 3.44. The summed E-state index contributed by atoms with van der Waals surface area (Å²) in [7, 11) is 0. The van der Waals surface area contributed by atoms with E-state index in [0.717, 1.165) is 19.3 Å². The Bertz CT molecular complexity index is 659. The lowest BCUT2D eigenvalue weighted by Crippen LogP contribution is -2.39. The summed E-state index contributed by atoms with van der Waals surface area (Å²) >= 11 is 0. The monoisotopic (exact) mass is 332 g/mol. The third kappa shape index (κ3) is 4.46.